The molecule has 0 spiro atoms. The minimum absolute atomic E-state index is 0.0785. The minimum atomic E-state index is -0.942. The number of halogens is 1. The van der Waals surface area contributed by atoms with Gasteiger partial charge in [-0.05, 0) is 25.1 Å². The van der Waals surface area contributed by atoms with Crippen LogP contribution >= 0.6 is 0 Å². The van der Waals surface area contributed by atoms with Crippen LogP contribution in [0, 0.1) is 5.82 Å². The molecular formula is C12H15FN2O3. The number of carboxylic acid groups (broad SMARTS) is 1. The Morgan fingerprint density at radius 1 is 1.44 bits per heavy atom. The molecule has 0 aliphatic rings. The molecule has 0 fully saturated rings. The molecule has 0 atom stereocenters. The quantitative estimate of drug-likeness (QED) is 0.799. The van der Waals surface area contributed by atoms with Crippen molar-refractivity contribution in [3.8, 4) is 0 Å². The second-order valence-electron chi connectivity index (χ2n) is 3.75. The van der Waals surface area contributed by atoms with Crippen LogP contribution in [-0.4, -0.2) is 30.1 Å². The molecule has 1 amide bonds. The van der Waals surface area contributed by atoms with Crippen LogP contribution < -0.4 is 10.6 Å². The van der Waals surface area contributed by atoms with Gasteiger partial charge >= 0.3 is 5.97 Å². The molecule has 0 aromatic heterocycles. The zero-order valence-electron chi connectivity index (χ0n) is 10.0. The molecule has 0 unspecified atom stereocenters. The molecule has 0 bridgehead atoms. The number of carbonyl (C=O) groups excluding carboxylic acids is 1. The average molecular weight is 254 g/mol. The van der Waals surface area contributed by atoms with E-state index in [2.05, 4.69) is 0 Å². The maximum atomic E-state index is 13.8. The van der Waals surface area contributed by atoms with Gasteiger partial charge in [-0.1, -0.05) is 0 Å². The predicted octanol–water partition coefficient (Wildman–Crippen LogP) is 1.23. The van der Waals surface area contributed by atoms with Crippen LogP contribution in [0.5, 0.6) is 0 Å². The van der Waals surface area contributed by atoms with E-state index in [1.54, 1.807) is 11.8 Å². The lowest BCUT2D eigenvalue weighted by molar-refractivity contribution is -0.136. The van der Waals surface area contributed by atoms with Crippen molar-refractivity contribution in [1.29, 1.82) is 0 Å². The molecule has 5 nitrogen and oxygen atoms in total. The number of anilines is 1. The van der Waals surface area contributed by atoms with Gasteiger partial charge in [0.2, 0.25) is 5.91 Å². The van der Waals surface area contributed by atoms with E-state index in [0.29, 0.717) is 6.54 Å². The SMILES string of the molecule is CCN(CCC(=O)O)c1ccc(C(N)=O)cc1F. The van der Waals surface area contributed by atoms with Gasteiger partial charge in [0.05, 0.1) is 12.1 Å². The van der Waals surface area contributed by atoms with Crippen molar-refractivity contribution in [3.63, 3.8) is 0 Å². The third-order valence-electron chi connectivity index (χ3n) is 2.55. The standard InChI is InChI=1S/C12H15FN2O3/c1-2-15(6-5-11(16)17)10-4-3-8(12(14)18)7-9(10)13/h3-4,7H,2,5-6H2,1H3,(H2,14,18)(H,16,17). The Hall–Kier alpha value is -2.11. The van der Waals surface area contributed by atoms with E-state index in [-0.39, 0.29) is 24.2 Å². The zero-order valence-corrected chi connectivity index (χ0v) is 10.0. The van der Waals surface area contributed by atoms with Gasteiger partial charge in [-0.25, -0.2) is 4.39 Å². The molecule has 6 heteroatoms. The number of hydrogen-bond acceptors (Lipinski definition) is 3. The molecule has 0 heterocycles. The minimum Gasteiger partial charge on any atom is -0.481 e. The maximum absolute atomic E-state index is 13.8. The summed E-state index contributed by atoms with van der Waals surface area (Å²) in [5.41, 5.74) is 5.40. The smallest absolute Gasteiger partial charge is 0.305 e. The highest BCUT2D eigenvalue weighted by atomic mass is 19.1. The summed E-state index contributed by atoms with van der Waals surface area (Å²) < 4.78 is 13.8. The number of rotatable bonds is 6. The van der Waals surface area contributed by atoms with E-state index in [0.717, 1.165) is 6.07 Å². The van der Waals surface area contributed by atoms with E-state index < -0.39 is 17.7 Å². The lowest BCUT2D eigenvalue weighted by atomic mass is 10.1. The number of primary amides is 1. The summed E-state index contributed by atoms with van der Waals surface area (Å²) in [4.78, 5) is 23.0. The van der Waals surface area contributed by atoms with Crippen LogP contribution in [-0.2, 0) is 4.79 Å². The van der Waals surface area contributed by atoms with E-state index in [4.69, 9.17) is 10.8 Å². The van der Waals surface area contributed by atoms with Crippen molar-refractivity contribution in [1.82, 2.24) is 0 Å². The van der Waals surface area contributed by atoms with Gasteiger partial charge < -0.3 is 15.7 Å². The predicted molar refractivity (Wildman–Crippen MR) is 65.1 cm³/mol. The molecule has 1 aromatic rings. The first-order valence-corrected chi connectivity index (χ1v) is 5.51. The maximum Gasteiger partial charge on any atom is 0.305 e. The van der Waals surface area contributed by atoms with Gasteiger partial charge in [0.1, 0.15) is 5.82 Å². The Kier molecular flexibility index (Phi) is 4.65. The first kappa shape index (κ1) is 14.0. The van der Waals surface area contributed by atoms with Crippen LogP contribution in [0.4, 0.5) is 10.1 Å². The Bertz CT molecular complexity index is 463. The van der Waals surface area contributed by atoms with E-state index in [1.165, 1.54) is 12.1 Å². The zero-order chi connectivity index (χ0) is 13.7. The van der Waals surface area contributed by atoms with Crippen LogP contribution in [0.3, 0.4) is 0 Å². The van der Waals surface area contributed by atoms with Gasteiger partial charge in [0.15, 0.2) is 0 Å². The largest absolute Gasteiger partial charge is 0.481 e. The van der Waals surface area contributed by atoms with Gasteiger partial charge in [-0.2, -0.15) is 0 Å². The van der Waals surface area contributed by atoms with Crippen molar-refractivity contribution in [2.75, 3.05) is 18.0 Å². The Labute approximate surface area is 104 Å². The molecule has 0 aliphatic heterocycles. The number of carboxylic acids is 1. The van der Waals surface area contributed by atoms with Crippen LogP contribution in [0.15, 0.2) is 18.2 Å². The van der Waals surface area contributed by atoms with E-state index >= 15 is 0 Å². The topological polar surface area (TPSA) is 83.6 Å². The van der Waals surface area contributed by atoms with Crippen molar-refractivity contribution in [2.24, 2.45) is 5.73 Å². The van der Waals surface area contributed by atoms with Crippen LogP contribution in [0.25, 0.3) is 0 Å². The molecule has 0 saturated heterocycles. The Morgan fingerprint density at radius 2 is 2.11 bits per heavy atom. The lowest BCUT2D eigenvalue weighted by Crippen LogP contribution is -2.26. The summed E-state index contributed by atoms with van der Waals surface area (Å²) in [5, 5.41) is 8.61. The third-order valence-corrected chi connectivity index (χ3v) is 2.55. The Balaban J connectivity index is 2.92. The van der Waals surface area contributed by atoms with Gasteiger partial charge in [-0.15, -0.1) is 0 Å². The summed E-state index contributed by atoms with van der Waals surface area (Å²) >= 11 is 0. The average Bonchev–Trinajstić information content (AvgIpc) is 2.30. The molecule has 18 heavy (non-hydrogen) atoms. The number of amides is 1. The number of carbonyl (C=O) groups is 2. The first-order chi connectivity index (χ1) is 8.45. The van der Waals surface area contributed by atoms with Crippen molar-refractivity contribution in [2.45, 2.75) is 13.3 Å². The van der Waals surface area contributed by atoms with Crippen LogP contribution in [0.1, 0.15) is 23.7 Å². The van der Waals surface area contributed by atoms with Crippen molar-refractivity contribution >= 4 is 17.6 Å². The molecule has 0 aliphatic carbocycles. The number of nitrogens with zero attached hydrogens (tertiary/aromatic N) is 1. The van der Waals surface area contributed by atoms with Gasteiger partial charge in [-0.3, -0.25) is 9.59 Å². The normalized spacial score (nSPS) is 10.1. The summed E-state index contributed by atoms with van der Waals surface area (Å²) in [6.45, 7) is 2.47. The molecule has 98 valence electrons. The lowest BCUT2D eigenvalue weighted by Gasteiger charge is -2.22. The first-order valence-electron chi connectivity index (χ1n) is 5.51. The second-order valence-corrected chi connectivity index (χ2v) is 3.75. The number of benzene rings is 1. The molecule has 0 saturated carbocycles. The molecule has 1 rings (SSSR count). The highest BCUT2D eigenvalue weighted by Gasteiger charge is 2.13. The second kappa shape index (κ2) is 6.00. The molecule has 0 radical (unpaired) electrons. The fourth-order valence-corrected chi connectivity index (χ4v) is 1.60. The fourth-order valence-electron chi connectivity index (χ4n) is 1.60. The molecule has 3 N–H and O–H groups in total. The van der Waals surface area contributed by atoms with E-state index in [1.807, 2.05) is 0 Å². The number of aliphatic carboxylic acids is 1. The third kappa shape index (κ3) is 3.44. The monoisotopic (exact) mass is 254 g/mol. The van der Waals surface area contributed by atoms with Crippen molar-refractivity contribution in [3.05, 3.63) is 29.6 Å². The van der Waals surface area contributed by atoms with E-state index in [9.17, 15) is 14.0 Å². The van der Waals surface area contributed by atoms with Gasteiger partial charge in [0, 0.05) is 18.7 Å². The van der Waals surface area contributed by atoms with Crippen LogP contribution in [0.2, 0.25) is 0 Å². The molecule has 1 aromatic carbocycles. The summed E-state index contributed by atoms with van der Waals surface area (Å²) in [5.74, 6) is -2.23. The number of hydrogen-bond donors (Lipinski definition) is 2. The summed E-state index contributed by atoms with van der Waals surface area (Å²) in [6, 6.07) is 3.91. The Morgan fingerprint density at radius 3 is 2.56 bits per heavy atom. The summed E-state index contributed by atoms with van der Waals surface area (Å²) in [7, 11) is 0. The molecular weight excluding hydrogens is 239 g/mol. The number of nitrogens with two attached hydrogens (primary N) is 1. The highest BCUT2D eigenvalue weighted by molar-refractivity contribution is 5.93. The highest BCUT2D eigenvalue weighted by Crippen LogP contribution is 2.20. The fraction of sp³-hybridized carbons (Fsp3) is 0.333. The van der Waals surface area contributed by atoms with Gasteiger partial charge in [0.25, 0.3) is 0 Å². The van der Waals surface area contributed by atoms with Crippen molar-refractivity contribution < 1.29 is 19.1 Å². The summed E-state index contributed by atoms with van der Waals surface area (Å²) in [6.07, 6.45) is -0.0785.